The van der Waals surface area contributed by atoms with Crippen LogP contribution < -0.4 is 16.2 Å². The van der Waals surface area contributed by atoms with E-state index in [1.807, 2.05) is 6.07 Å². The Kier molecular flexibility index (Phi) is 6.26. The van der Waals surface area contributed by atoms with Gasteiger partial charge in [-0.1, -0.05) is 18.2 Å². The van der Waals surface area contributed by atoms with E-state index in [0.717, 1.165) is 31.2 Å². The molecule has 3 aromatic rings. The molecule has 1 aromatic heterocycles. The molecule has 0 atom stereocenters. The number of hydrogen-bond acceptors (Lipinski definition) is 5. The highest BCUT2D eigenvalue weighted by molar-refractivity contribution is 5.84. The minimum atomic E-state index is -0.472. The fraction of sp³-hybridized carbons (Fsp3) is 0.261. The highest BCUT2D eigenvalue weighted by Gasteiger charge is 2.19. The van der Waals surface area contributed by atoms with Crippen molar-refractivity contribution in [2.75, 3.05) is 10.6 Å². The summed E-state index contributed by atoms with van der Waals surface area (Å²) in [5.41, 5.74) is 1.63. The summed E-state index contributed by atoms with van der Waals surface area (Å²) >= 11 is 0. The second-order valence-corrected chi connectivity index (χ2v) is 7.49. The van der Waals surface area contributed by atoms with Gasteiger partial charge in [0, 0.05) is 17.4 Å². The van der Waals surface area contributed by atoms with Crippen molar-refractivity contribution in [1.29, 1.82) is 0 Å². The van der Waals surface area contributed by atoms with E-state index in [-0.39, 0.29) is 24.0 Å². The Balaban J connectivity index is 1.44. The summed E-state index contributed by atoms with van der Waals surface area (Å²) in [6, 6.07) is 16.1. The molecule has 160 valence electrons. The fourth-order valence-electron chi connectivity index (χ4n) is 3.57. The van der Waals surface area contributed by atoms with Gasteiger partial charge in [-0.15, -0.1) is 0 Å². The predicted molar refractivity (Wildman–Crippen MR) is 116 cm³/mol. The largest absolute Gasteiger partial charge is 0.446 e. The van der Waals surface area contributed by atoms with Gasteiger partial charge in [-0.2, -0.15) is 5.10 Å². The van der Waals surface area contributed by atoms with Gasteiger partial charge in [0.1, 0.15) is 11.9 Å². The normalized spacial score (nSPS) is 13.7. The average Bonchev–Trinajstić information content (AvgIpc) is 3.24. The van der Waals surface area contributed by atoms with Crippen molar-refractivity contribution in [3.05, 3.63) is 82.4 Å². The number of hydrogen-bond donors (Lipinski definition) is 2. The van der Waals surface area contributed by atoms with Crippen LogP contribution in [0.2, 0.25) is 0 Å². The molecule has 1 aliphatic carbocycles. The second-order valence-electron chi connectivity index (χ2n) is 7.49. The van der Waals surface area contributed by atoms with Crippen LogP contribution in [-0.4, -0.2) is 22.0 Å². The molecule has 0 radical (unpaired) electrons. The zero-order valence-corrected chi connectivity index (χ0v) is 16.9. The van der Waals surface area contributed by atoms with Gasteiger partial charge >= 0.3 is 6.09 Å². The molecule has 0 aliphatic heterocycles. The maximum atomic E-state index is 13.4. The topological polar surface area (TPSA) is 85.3 Å². The third-order valence-electron chi connectivity index (χ3n) is 5.05. The van der Waals surface area contributed by atoms with Gasteiger partial charge in [0.05, 0.1) is 6.54 Å². The minimum Gasteiger partial charge on any atom is -0.446 e. The van der Waals surface area contributed by atoms with Crippen LogP contribution >= 0.6 is 0 Å². The fourth-order valence-corrected chi connectivity index (χ4v) is 3.57. The molecule has 1 amide bonds. The Morgan fingerprint density at radius 1 is 1.06 bits per heavy atom. The van der Waals surface area contributed by atoms with Crippen LogP contribution in [0.5, 0.6) is 0 Å². The van der Waals surface area contributed by atoms with Gasteiger partial charge < -0.3 is 10.1 Å². The third kappa shape index (κ3) is 5.69. The van der Waals surface area contributed by atoms with Crippen molar-refractivity contribution in [3.63, 3.8) is 0 Å². The van der Waals surface area contributed by atoms with Crippen LogP contribution in [0.25, 0.3) is 0 Å². The molecule has 2 aromatic carbocycles. The molecule has 7 nitrogen and oxygen atoms in total. The first-order valence-corrected chi connectivity index (χ1v) is 10.2. The first-order chi connectivity index (χ1) is 15.0. The molecule has 4 rings (SSSR count). The first-order valence-electron chi connectivity index (χ1n) is 10.2. The van der Waals surface area contributed by atoms with Gasteiger partial charge in [-0.25, -0.2) is 13.9 Å². The maximum Gasteiger partial charge on any atom is 0.411 e. The summed E-state index contributed by atoms with van der Waals surface area (Å²) in [7, 11) is 0. The molecule has 0 spiro atoms. The second kappa shape index (κ2) is 9.42. The lowest BCUT2D eigenvalue weighted by Crippen LogP contribution is -2.23. The van der Waals surface area contributed by atoms with Crippen LogP contribution in [0.1, 0.15) is 31.2 Å². The Morgan fingerprint density at radius 2 is 1.84 bits per heavy atom. The molecule has 1 saturated carbocycles. The number of ether oxygens (including phenoxy) is 1. The van der Waals surface area contributed by atoms with Gasteiger partial charge in [-0.05, 0) is 67.6 Å². The lowest BCUT2D eigenvalue weighted by atomic mass is 10.2. The van der Waals surface area contributed by atoms with E-state index in [4.69, 9.17) is 4.74 Å². The molecule has 1 aliphatic rings. The number of anilines is 3. The molecule has 0 saturated heterocycles. The number of carbonyl (C=O) groups is 1. The number of amides is 1. The summed E-state index contributed by atoms with van der Waals surface area (Å²) in [6.07, 6.45) is 3.49. The van der Waals surface area contributed by atoms with Crippen LogP contribution in [0.3, 0.4) is 0 Å². The number of rotatable bonds is 6. The number of halogens is 1. The van der Waals surface area contributed by atoms with E-state index in [1.165, 1.54) is 22.9 Å². The van der Waals surface area contributed by atoms with E-state index in [1.54, 1.807) is 36.4 Å². The third-order valence-corrected chi connectivity index (χ3v) is 5.05. The molecule has 1 fully saturated rings. The van der Waals surface area contributed by atoms with E-state index in [9.17, 15) is 14.0 Å². The van der Waals surface area contributed by atoms with E-state index < -0.39 is 6.09 Å². The van der Waals surface area contributed by atoms with Gasteiger partial charge in [-0.3, -0.25) is 10.1 Å². The average molecular weight is 422 g/mol. The Hall–Kier alpha value is -3.68. The van der Waals surface area contributed by atoms with Crippen molar-refractivity contribution >= 4 is 23.3 Å². The first kappa shape index (κ1) is 20.6. The maximum absolute atomic E-state index is 13.4. The van der Waals surface area contributed by atoms with E-state index >= 15 is 0 Å². The lowest BCUT2D eigenvalue weighted by Gasteiger charge is -2.13. The van der Waals surface area contributed by atoms with Crippen LogP contribution in [0.4, 0.5) is 26.4 Å². The molecule has 1 heterocycles. The number of nitrogens with one attached hydrogen (secondary N) is 2. The van der Waals surface area contributed by atoms with Gasteiger partial charge in [0.15, 0.2) is 5.82 Å². The zero-order valence-electron chi connectivity index (χ0n) is 16.9. The van der Waals surface area contributed by atoms with Crippen molar-refractivity contribution in [2.24, 2.45) is 0 Å². The van der Waals surface area contributed by atoms with Crippen molar-refractivity contribution in [2.45, 2.75) is 38.3 Å². The Bertz CT molecular complexity index is 1130. The summed E-state index contributed by atoms with van der Waals surface area (Å²) in [5.74, 6) is 0.0497. The SMILES string of the molecule is O=C(Nc1cccc(Cn2nc(Nc3cccc(F)c3)ccc2=O)c1)OC1CCCC1. The van der Waals surface area contributed by atoms with Crippen molar-refractivity contribution < 1.29 is 13.9 Å². The number of benzene rings is 2. The predicted octanol–water partition coefficient (Wildman–Crippen LogP) is 4.67. The van der Waals surface area contributed by atoms with E-state index in [0.29, 0.717) is 17.2 Å². The minimum absolute atomic E-state index is 0.0145. The van der Waals surface area contributed by atoms with Crippen molar-refractivity contribution in [3.8, 4) is 0 Å². The molecule has 2 N–H and O–H groups in total. The quantitative estimate of drug-likeness (QED) is 0.603. The molecule has 0 unspecified atom stereocenters. The lowest BCUT2D eigenvalue weighted by molar-refractivity contribution is 0.114. The smallest absolute Gasteiger partial charge is 0.411 e. The summed E-state index contributed by atoms with van der Waals surface area (Å²) in [6.45, 7) is 0.213. The number of aromatic nitrogens is 2. The summed E-state index contributed by atoms with van der Waals surface area (Å²) in [5, 5.41) is 10.0. The summed E-state index contributed by atoms with van der Waals surface area (Å²) in [4.78, 5) is 24.4. The number of carbonyl (C=O) groups excluding carboxylic acids is 1. The zero-order chi connectivity index (χ0) is 21.6. The van der Waals surface area contributed by atoms with Crippen LogP contribution in [0, 0.1) is 5.82 Å². The highest BCUT2D eigenvalue weighted by atomic mass is 19.1. The number of nitrogens with zero attached hydrogens (tertiary/aromatic N) is 2. The molecule has 0 bridgehead atoms. The highest BCUT2D eigenvalue weighted by Crippen LogP contribution is 2.22. The standard InChI is InChI=1S/C23H23FN4O3/c24-17-6-4-8-19(14-17)25-21-11-12-22(29)28(27-21)15-16-5-3-7-18(13-16)26-23(30)31-20-9-1-2-10-20/h3-8,11-14,20H,1-2,9-10,15H2,(H,25,27)(H,26,30). The van der Waals surface area contributed by atoms with Gasteiger partial charge in [0.25, 0.3) is 5.56 Å². The van der Waals surface area contributed by atoms with Crippen LogP contribution in [-0.2, 0) is 11.3 Å². The Morgan fingerprint density at radius 3 is 2.65 bits per heavy atom. The van der Waals surface area contributed by atoms with Gasteiger partial charge in [0.2, 0.25) is 0 Å². The molecular weight excluding hydrogens is 399 g/mol. The van der Waals surface area contributed by atoms with E-state index in [2.05, 4.69) is 15.7 Å². The summed E-state index contributed by atoms with van der Waals surface area (Å²) < 4.78 is 20.1. The van der Waals surface area contributed by atoms with Crippen molar-refractivity contribution in [1.82, 2.24) is 9.78 Å². The van der Waals surface area contributed by atoms with Crippen LogP contribution in [0.15, 0.2) is 65.5 Å². The monoisotopic (exact) mass is 422 g/mol. The molecule has 8 heteroatoms. The Labute approximate surface area is 178 Å². The molecule has 31 heavy (non-hydrogen) atoms. The molecular formula is C23H23FN4O3.